The molecule has 0 aromatic rings. The van der Waals surface area contributed by atoms with E-state index in [0.717, 1.165) is 19.3 Å². The van der Waals surface area contributed by atoms with Gasteiger partial charge < -0.3 is 14.6 Å². The first-order chi connectivity index (χ1) is 16.2. The summed E-state index contributed by atoms with van der Waals surface area (Å²) in [6.07, 6.45) is 9.24. The largest absolute Gasteiger partial charge is 0.481 e. The molecule has 1 N–H and O–H groups in total. The van der Waals surface area contributed by atoms with Crippen molar-refractivity contribution in [2.24, 2.45) is 28.6 Å². The molecule has 1 aliphatic heterocycles. The maximum absolute atomic E-state index is 13.1. The minimum absolute atomic E-state index is 0.0208. The van der Waals surface area contributed by atoms with Crippen LogP contribution in [-0.4, -0.2) is 67.9 Å². The number of sulfonamides is 1. The second-order valence-electron chi connectivity index (χ2n) is 10.6. The third-order valence-electron chi connectivity index (χ3n) is 8.70. The van der Waals surface area contributed by atoms with Gasteiger partial charge in [0.25, 0.3) is 0 Å². The molecule has 2 bridgehead atoms. The second-order valence-corrected chi connectivity index (χ2v) is 12.5. The van der Waals surface area contributed by atoms with E-state index in [1.54, 1.807) is 33.1 Å². The summed E-state index contributed by atoms with van der Waals surface area (Å²) in [5, 5.41) is 8.60. The standard InChI is InChI=1S/C18H29NO4S.C8H14O3/c1-6-7-14(23-5)12(2)16(20)19-15-10-13-8-9-18(15,17(13,3)4)11-24(19,21)22;1-4-5-7(11-3)6(2)8(9)10/h6-7,12-15H,8-11H2,1-5H3;4-7H,1-3H3,(H,9,10)/b7-6+;5-4+/t12-,13?,14-,15+,18+;6-,7-/m11/s1. The molecule has 35 heavy (non-hydrogen) atoms. The molecule has 1 heterocycles. The summed E-state index contributed by atoms with van der Waals surface area (Å²) in [4.78, 5) is 23.6. The molecule has 3 fully saturated rings. The molecular formula is C26H43NO7S. The number of nitrogens with zero attached hydrogens (tertiary/aromatic N) is 1. The Hall–Kier alpha value is -1.71. The van der Waals surface area contributed by atoms with Crippen molar-refractivity contribution < 1.29 is 32.6 Å². The lowest BCUT2D eigenvalue weighted by Gasteiger charge is -2.37. The number of hydrogen-bond acceptors (Lipinski definition) is 6. The first kappa shape index (κ1) is 29.5. The lowest BCUT2D eigenvalue weighted by molar-refractivity contribution is -0.144. The van der Waals surface area contributed by atoms with Crippen LogP contribution in [0.4, 0.5) is 0 Å². The zero-order valence-electron chi connectivity index (χ0n) is 22.4. The summed E-state index contributed by atoms with van der Waals surface area (Å²) in [6, 6.07) is -0.172. The van der Waals surface area contributed by atoms with E-state index in [-0.39, 0.29) is 34.6 Å². The number of carbonyl (C=O) groups is 2. The number of carbonyl (C=O) groups excluding carboxylic acids is 1. The van der Waals surface area contributed by atoms with Crippen LogP contribution in [-0.2, 0) is 29.1 Å². The van der Waals surface area contributed by atoms with Gasteiger partial charge in [-0.15, -0.1) is 0 Å². The molecule has 0 aromatic carbocycles. The van der Waals surface area contributed by atoms with Crippen LogP contribution in [0, 0.1) is 28.6 Å². The monoisotopic (exact) mass is 513 g/mol. The maximum atomic E-state index is 13.1. The minimum Gasteiger partial charge on any atom is -0.481 e. The molecule has 3 rings (SSSR count). The van der Waals surface area contributed by atoms with Crippen LogP contribution in [0.3, 0.4) is 0 Å². The summed E-state index contributed by atoms with van der Waals surface area (Å²) >= 11 is 0. The summed E-state index contributed by atoms with van der Waals surface area (Å²) in [7, 11) is -0.503. The van der Waals surface area contributed by atoms with E-state index >= 15 is 0 Å². The fourth-order valence-corrected chi connectivity index (χ4v) is 8.95. The summed E-state index contributed by atoms with van der Waals surface area (Å²) in [5.74, 6) is -1.53. The summed E-state index contributed by atoms with van der Waals surface area (Å²) < 4.78 is 37.4. The summed E-state index contributed by atoms with van der Waals surface area (Å²) in [6.45, 7) is 11.5. The molecule has 9 heteroatoms. The van der Waals surface area contributed by atoms with Crippen molar-refractivity contribution in [2.45, 2.75) is 79.1 Å². The first-order valence-corrected chi connectivity index (χ1v) is 14.0. The Labute approximate surface area is 210 Å². The van der Waals surface area contributed by atoms with Crippen molar-refractivity contribution in [1.29, 1.82) is 0 Å². The molecule has 0 radical (unpaired) electrons. The van der Waals surface area contributed by atoms with E-state index in [2.05, 4.69) is 13.8 Å². The van der Waals surface area contributed by atoms with Gasteiger partial charge in [0.2, 0.25) is 15.9 Å². The number of carboxylic acid groups (broad SMARTS) is 1. The quantitative estimate of drug-likeness (QED) is 0.491. The van der Waals surface area contributed by atoms with Crippen molar-refractivity contribution in [2.75, 3.05) is 20.0 Å². The number of methoxy groups -OCH3 is 2. The smallest absolute Gasteiger partial charge is 0.309 e. The average Bonchev–Trinajstić information content (AvgIpc) is 3.28. The van der Waals surface area contributed by atoms with Crippen LogP contribution in [0.15, 0.2) is 24.3 Å². The van der Waals surface area contributed by atoms with E-state index in [1.165, 1.54) is 11.4 Å². The first-order valence-electron chi connectivity index (χ1n) is 12.4. The van der Waals surface area contributed by atoms with Gasteiger partial charge in [0.1, 0.15) is 0 Å². The minimum atomic E-state index is -3.56. The summed E-state index contributed by atoms with van der Waals surface area (Å²) in [5.41, 5.74) is -0.290. The molecule has 1 unspecified atom stereocenters. The van der Waals surface area contributed by atoms with Crippen molar-refractivity contribution in [3.63, 3.8) is 0 Å². The molecule has 1 spiro atoms. The van der Waals surface area contributed by atoms with Gasteiger partial charge in [-0.3, -0.25) is 9.59 Å². The molecule has 8 nitrogen and oxygen atoms in total. The van der Waals surface area contributed by atoms with Crippen LogP contribution < -0.4 is 0 Å². The van der Waals surface area contributed by atoms with E-state index in [4.69, 9.17) is 14.6 Å². The molecule has 1 amide bonds. The fourth-order valence-electron chi connectivity index (χ4n) is 6.34. The number of carboxylic acids is 1. The highest BCUT2D eigenvalue weighted by molar-refractivity contribution is 7.90. The van der Waals surface area contributed by atoms with Crippen molar-refractivity contribution in [3.8, 4) is 0 Å². The van der Waals surface area contributed by atoms with Crippen LogP contribution in [0.2, 0.25) is 0 Å². The van der Waals surface area contributed by atoms with E-state index in [0.29, 0.717) is 5.92 Å². The van der Waals surface area contributed by atoms with E-state index in [1.807, 2.05) is 26.0 Å². The molecule has 1 saturated heterocycles. The van der Waals surface area contributed by atoms with Gasteiger partial charge in [0.15, 0.2) is 0 Å². The van der Waals surface area contributed by atoms with E-state index < -0.39 is 33.9 Å². The normalized spacial score (nSPS) is 31.6. The zero-order valence-corrected chi connectivity index (χ0v) is 23.2. The number of rotatable bonds is 8. The van der Waals surface area contributed by atoms with Gasteiger partial charge in [-0.25, -0.2) is 12.7 Å². The molecule has 0 aromatic heterocycles. The number of aliphatic carboxylic acids is 1. The van der Waals surface area contributed by atoms with Crippen molar-refractivity contribution in [1.82, 2.24) is 4.31 Å². The lowest BCUT2D eigenvalue weighted by atomic mass is 9.69. The molecule has 200 valence electrons. The van der Waals surface area contributed by atoms with Gasteiger partial charge in [-0.2, -0.15) is 0 Å². The van der Waals surface area contributed by atoms with Crippen LogP contribution >= 0.6 is 0 Å². The Balaban J connectivity index is 0.000000334. The topological polar surface area (TPSA) is 110 Å². The second kappa shape index (κ2) is 11.1. The van der Waals surface area contributed by atoms with Crippen LogP contribution in [0.1, 0.15) is 60.8 Å². The van der Waals surface area contributed by atoms with Gasteiger partial charge >= 0.3 is 5.97 Å². The van der Waals surface area contributed by atoms with Gasteiger partial charge in [-0.05, 0) is 51.4 Å². The predicted octanol–water partition coefficient (Wildman–Crippen LogP) is 3.88. The molecule has 7 atom stereocenters. The highest BCUT2D eigenvalue weighted by atomic mass is 32.2. The molecule has 2 aliphatic carbocycles. The third-order valence-corrected chi connectivity index (χ3v) is 10.6. The lowest BCUT2D eigenvalue weighted by Crippen LogP contribution is -2.47. The van der Waals surface area contributed by atoms with Gasteiger partial charge in [-0.1, -0.05) is 45.1 Å². The van der Waals surface area contributed by atoms with Crippen molar-refractivity contribution >= 4 is 21.9 Å². The molecule has 3 aliphatic rings. The highest BCUT2D eigenvalue weighted by Crippen LogP contribution is 2.70. The van der Waals surface area contributed by atoms with Crippen LogP contribution in [0.25, 0.3) is 0 Å². The Morgan fingerprint density at radius 2 is 1.54 bits per heavy atom. The fraction of sp³-hybridized carbons (Fsp3) is 0.769. The Bertz CT molecular complexity index is 941. The number of ether oxygens (including phenoxy) is 2. The van der Waals surface area contributed by atoms with Gasteiger partial charge in [0, 0.05) is 19.6 Å². The highest BCUT2D eigenvalue weighted by Gasteiger charge is 2.72. The SMILES string of the molecule is C/C=C/[C@@H](OC)[C@@H](C)C(=O)N1[C@H]2CC3CC[C@@]2(CS1(=O)=O)C3(C)C.C/C=C/[C@@H](OC)[C@@H](C)C(=O)O. The van der Waals surface area contributed by atoms with Gasteiger partial charge in [0.05, 0.1) is 35.8 Å². The Kier molecular flexibility index (Phi) is 9.39. The average molecular weight is 514 g/mol. The number of hydrogen-bond donors (Lipinski definition) is 1. The number of fused-ring (bicyclic) bond motifs is 1. The Morgan fingerprint density at radius 1 is 1.03 bits per heavy atom. The number of allylic oxidation sites excluding steroid dienone is 2. The molecule has 2 saturated carbocycles. The van der Waals surface area contributed by atoms with Crippen LogP contribution in [0.5, 0.6) is 0 Å². The Morgan fingerprint density at radius 3 is 1.97 bits per heavy atom. The third kappa shape index (κ3) is 5.23. The maximum Gasteiger partial charge on any atom is 0.309 e. The van der Waals surface area contributed by atoms with E-state index in [9.17, 15) is 18.0 Å². The van der Waals surface area contributed by atoms with Crippen molar-refractivity contribution in [3.05, 3.63) is 24.3 Å². The number of amides is 1. The predicted molar refractivity (Wildman–Crippen MR) is 135 cm³/mol. The molecular weight excluding hydrogens is 470 g/mol. The zero-order chi connectivity index (χ0) is 26.8.